The molecule has 0 spiro atoms. The second-order valence-electron chi connectivity index (χ2n) is 6.91. The maximum atomic E-state index is 6.56. The lowest BCUT2D eigenvalue weighted by molar-refractivity contribution is -0.876. The summed E-state index contributed by atoms with van der Waals surface area (Å²) in [5.41, 5.74) is 6.30. The number of pyridine rings is 2. The third kappa shape index (κ3) is 4.43. The molecule has 0 fully saturated rings. The van der Waals surface area contributed by atoms with Crippen LogP contribution in [0, 0.1) is 6.92 Å². The number of rotatable bonds is 5. The molecule has 4 rings (SSSR count). The highest BCUT2D eigenvalue weighted by Gasteiger charge is 2.25. The number of methoxy groups -OCH3 is 1. The number of nitrogens with zero attached hydrogens (tertiary/aromatic N) is 2. The standard InChI is InChI=1S/C25H22ClN2O2.CH3Cl/c1-16-9-5-6-10-18(16)25-24-20(13-14-28(25)30-4)21(15-23(27-24)17(2)29-3)19-11-7-8-12-22(19)26;1-2/h5-15H,2H2,1,3-4H3;1H3/q+1;. The van der Waals surface area contributed by atoms with Crippen molar-refractivity contribution in [3.8, 4) is 22.4 Å². The molecule has 0 unspecified atom stereocenters. The number of benzene rings is 2. The Hall–Kier alpha value is -3.08. The van der Waals surface area contributed by atoms with Crippen LogP contribution in [0.1, 0.15) is 11.3 Å². The van der Waals surface area contributed by atoms with Crippen molar-refractivity contribution in [1.82, 2.24) is 4.98 Å². The van der Waals surface area contributed by atoms with Crippen LogP contribution in [0.2, 0.25) is 5.02 Å². The zero-order chi connectivity index (χ0) is 23.3. The second-order valence-corrected chi connectivity index (χ2v) is 7.32. The maximum Gasteiger partial charge on any atom is 0.290 e. The third-order valence-corrected chi connectivity index (χ3v) is 5.50. The van der Waals surface area contributed by atoms with E-state index in [1.165, 1.54) is 6.38 Å². The first kappa shape index (κ1) is 23.6. The largest absolute Gasteiger partial charge is 0.495 e. The van der Waals surface area contributed by atoms with Crippen LogP contribution in [0.25, 0.3) is 39.0 Å². The van der Waals surface area contributed by atoms with Gasteiger partial charge in [-0.1, -0.05) is 54.6 Å². The molecule has 0 atom stereocenters. The van der Waals surface area contributed by atoms with Crippen LogP contribution in [0.15, 0.2) is 73.4 Å². The fraction of sp³-hybridized carbons (Fsp3) is 0.154. The third-order valence-electron chi connectivity index (χ3n) is 5.17. The predicted octanol–water partition coefficient (Wildman–Crippen LogP) is 6.35. The number of hydrogen-bond acceptors (Lipinski definition) is 3. The molecular formula is C26H25Cl2N2O2+. The highest BCUT2D eigenvalue weighted by Crippen LogP contribution is 2.37. The summed E-state index contributed by atoms with van der Waals surface area (Å²) in [6.45, 7) is 6.08. The van der Waals surface area contributed by atoms with Gasteiger partial charge < -0.3 is 4.74 Å². The smallest absolute Gasteiger partial charge is 0.290 e. The van der Waals surface area contributed by atoms with E-state index in [-0.39, 0.29) is 0 Å². The van der Waals surface area contributed by atoms with Crippen LogP contribution in [-0.4, -0.2) is 25.6 Å². The molecule has 4 aromatic rings. The van der Waals surface area contributed by atoms with Crippen LogP contribution in [0.5, 0.6) is 0 Å². The quantitative estimate of drug-likeness (QED) is 0.195. The lowest BCUT2D eigenvalue weighted by Crippen LogP contribution is -2.42. The van der Waals surface area contributed by atoms with Gasteiger partial charge in [-0.3, -0.25) is 4.84 Å². The van der Waals surface area contributed by atoms with Gasteiger partial charge in [0.1, 0.15) is 24.1 Å². The number of fused-ring (bicyclic) bond motifs is 1. The maximum absolute atomic E-state index is 6.56. The molecule has 0 aliphatic rings. The van der Waals surface area contributed by atoms with E-state index < -0.39 is 0 Å². The Balaban J connectivity index is 0.00000141. The Morgan fingerprint density at radius 1 is 0.938 bits per heavy atom. The minimum absolute atomic E-state index is 0.480. The van der Waals surface area contributed by atoms with Crippen molar-refractivity contribution >= 4 is 39.9 Å². The molecule has 2 heterocycles. The first-order chi connectivity index (χ1) is 15.5. The van der Waals surface area contributed by atoms with E-state index in [1.54, 1.807) is 19.0 Å². The Bertz CT molecular complexity index is 1270. The average Bonchev–Trinajstić information content (AvgIpc) is 2.84. The molecule has 2 aromatic heterocycles. The summed E-state index contributed by atoms with van der Waals surface area (Å²) in [6, 6.07) is 19.9. The van der Waals surface area contributed by atoms with Gasteiger partial charge in [-0.05, 0) is 36.2 Å². The average molecular weight is 468 g/mol. The summed E-state index contributed by atoms with van der Waals surface area (Å²) in [4.78, 5) is 10.6. The van der Waals surface area contributed by atoms with E-state index >= 15 is 0 Å². The normalized spacial score (nSPS) is 10.3. The minimum atomic E-state index is 0.480. The molecule has 0 saturated heterocycles. The summed E-state index contributed by atoms with van der Waals surface area (Å²) >= 11 is 11.2. The Kier molecular flexibility index (Phi) is 7.73. The summed E-state index contributed by atoms with van der Waals surface area (Å²) in [5.74, 6) is 0.480. The van der Waals surface area contributed by atoms with Crippen molar-refractivity contribution in [2.24, 2.45) is 0 Å². The molecule has 0 N–H and O–H groups in total. The molecule has 2 aromatic carbocycles. The highest BCUT2D eigenvalue weighted by atomic mass is 35.5. The SMILES string of the molecule is C=C(OC)c1cc(-c2ccccc2Cl)c2cc[n+](OC)c(-c3ccccc3C)c2n1.CCl. The van der Waals surface area contributed by atoms with Gasteiger partial charge in [0.05, 0.1) is 12.7 Å². The minimum Gasteiger partial charge on any atom is -0.495 e. The van der Waals surface area contributed by atoms with Gasteiger partial charge in [0.25, 0.3) is 5.69 Å². The number of alkyl halides is 1. The van der Waals surface area contributed by atoms with Gasteiger partial charge in [0.2, 0.25) is 6.20 Å². The van der Waals surface area contributed by atoms with Crippen LogP contribution < -0.4 is 9.57 Å². The lowest BCUT2D eigenvalue weighted by atomic mass is 9.97. The van der Waals surface area contributed by atoms with Crippen LogP contribution in [-0.2, 0) is 4.74 Å². The Labute approximate surface area is 198 Å². The van der Waals surface area contributed by atoms with Crippen LogP contribution >= 0.6 is 23.2 Å². The molecule has 6 heteroatoms. The first-order valence-corrected chi connectivity index (χ1v) is 11.0. The highest BCUT2D eigenvalue weighted by molar-refractivity contribution is 6.33. The van der Waals surface area contributed by atoms with Crippen molar-refractivity contribution in [3.63, 3.8) is 0 Å². The van der Waals surface area contributed by atoms with Gasteiger partial charge >= 0.3 is 0 Å². The number of aryl methyl sites for hydroxylation is 1. The van der Waals surface area contributed by atoms with E-state index in [0.717, 1.165) is 38.9 Å². The predicted molar refractivity (Wildman–Crippen MR) is 133 cm³/mol. The topological polar surface area (TPSA) is 35.2 Å². The molecule has 0 bridgehead atoms. The fourth-order valence-corrected chi connectivity index (χ4v) is 3.85. The molecule has 0 radical (unpaired) electrons. The molecule has 0 aliphatic carbocycles. The van der Waals surface area contributed by atoms with Gasteiger partial charge in [-0.2, -0.15) is 0 Å². The summed E-state index contributed by atoms with van der Waals surface area (Å²) in [6.07, 6.45) is 3.37. The van der Waals surface area contributed by atoms with Crippen molar-refractivity contribution in [2.75, 3.05) is 20.6 Å². The Morgan fingerprint density at radius 2 is 1.59 bits per heavy atom. The van der Waals surface area contributed by atoms with Gasteiger partial charge in [-0.15, -0.1) is 11.6 Å². The second kappa shape index (κ2) is 10.5. The van der Waals surface area contributed by atoms with Crippen molar-refractivity contribution in [2.45, 2.75) is 6.92 Å². The molecular weight excluding hydrogens is 443 g/mol. The first-order valence-electron chi connectivity index (χ1n) is 9.91. The molecule has 4 nitrogen and oxygen atoms in total. The summed E-state index contributed by atoms with van der Waals surface area (Å²) < 4.78 is 7.13. The van der Waals surface area contributed by atoms with Crippen molar-refractivity contribution < 1.29 is 14.3 Å². The number of ether oxygens (including phenoxy) is 1. The zero-order valence-corrected chi connectivity index (χ0v) is 20.0. The van der Waals surface area contributed by atoms with Gasteiger partial charge in [0.15, 0.2) is 0 Å². The van der Waals surface area contributed by atoms with E-state index in [4.69, 9.17) is 26.2 Å². The molecule has 0 amide bonds. The van der Waals surface area contributed by atoms with Crippen molar-refractivity contribution in [3.05, 3.63) is 89.7 Å². The van der Waals surface area contributed by atoms with E-state index in [2.05, 4.69) is 37.2 Å². The zero-order valence-electron chi connectivity index (χ0n) is 18.5. The molecule has 164 valence electrons. The van der Waals surface area contributed by atoms with E-state index in [1.807, 2.05) is 54.7 Å². The van der Waals surface area contributed by atoms with E-state index in [9.17, 15) is 0 Å². The van der Waals surface area contributed by atoms with Gasteiger partial charge in [0, 0.05) is 33.2 Å². The number of aromatic nitrogens is 2. The molecule has 0 saturated carbocycles. The van der Waals surface area contributed by atoms with Gasteiger partial charge in [-0.25, -0.2) is 4.98 Å². The Morgan fingerprint density at radius 3 is 2.22 bits per heavy atom. The molecule has 32 heavy (non-hydrogen) atoms. The fourth-order valence-electron chi connectivity index (χ4n) is 3.61. The number of hydrogen-bond donors (Lipinski definition) is 0. The van der Waals surface area contributed by atoms with E-state index in [0.29, 0.717) is 16.5 Å². The lowest BCUT2D eigenvalue weighted by Gasteiger charge is -2.14. The van der Waals surface area contributed by atoms with Crippen molar-refractivity contribution in [1.29, 1.82) is 0 Å². The van der Waals surface area contributed by atoms with Crippen LogP contribution in [0.4, 0.5) is 0 Å². The summed E-state index contributed by atoms with van der Waals surface area (Å²) in [5, 5.41) is 1.63. The summed E-state index contributed by atoms with van der Waals surface area (Å²) in [7, 11) is 3.23. The van der Waals surface area contributed by atoms with Crippen LogP contribution in [0.3, 0.4) is 0 Å². The molecule has 0 aliphatic heterocycles. The monoisotopic (exact) mass is 467 g/mol. The number of halogens is 2.